The van der Waals surface area contributed by atoms with Crippen molar-refractivity contribution in [3.8, 4) is 11.8 Å². The van der Waals surface area contributed by atoms with Crippen LogP contribution in [0.4, 0.5) is 4.39 Å². The van der Waals surface area contributed by atoms with E-state index in [9.17, 15) is 9.18 Å². The SMILES string of the molecule is O=C(NCCc1ncc[nH]1)c1ccc(C#CCO)cc1F. The molecular formula is C15H14FN3O2. The number of aliphatic hydroxyl groups excluding tert-OH is 1. The average molecular weight is 287 g/mol. The van der Waals surface area contributed by atoms with Gasteiger partial charge in [0.1, 0.15) is 18.2 Å². The molecule has 0 bridgehead atoms. The van der Waals surface area contributed by atoms with Crippen molar-refractivity contribution in [3.63, 3.8) is 0 Å². The lowest BCUT2D eigenvalue weighted by Crippen LogP contribution is -2.26. The Kier molecular flexibility index (Phi) is 5.07. The highest BCUT2D eigenvalue weighted by atomic mass is 19.1. The predicted molar refractivity (Wildman–Crippen MR) is 75.0 cm³/mol. The summed E-state index contributed by atoms with van der Waals surface area (Å²) in [5.74, 6) is 4.62. The quantitative estimate of drug-likeness (QED) is 0.730. The molecule has 1 heterocycles. The Labute approximate surface area is 121 Å². The summed E-state index contributed by atoms with van der Waals surface area (Å²) in [7, 11) is 0. The molecule has 0 spiro atoms. The molecule has 0 aliphatic rings. The van der Waals surface area contributed by atoms with Crippen LogP contribution in [0.2, 0.25) is 0 Å². The van der Waals surface area contributed by atoms with E-state index in [1.54, 1.807) is 12.4 Å². The minimum absolute atomic E-state index is 0.0380. The van der Waals surface area contributed by atoms with E-state index in [1.165, 1.54) is 18.2 Å². The number of halogens is 1. The molecule has 0 saturated carbocycles. The maximum absolute atomic E-state index is 13.8. The third kappa shape index (κ3) is 4.16. The van der Waals surface area contributed by atoms with Crippen LogP contribution in [0.1, 0.15) is 21.7 Å². The van der Waals surface area contributed by atoms with E-state index in [0.29, 0.717) is 18.5 Å². The molecule has 0 aliphatic heterocycles. The van der Waals surface area contributed by atoms with Crippen molar-refractivity contribution in [1.29, 1.82) is 0 Å². The van der Waals surface area contributed by atoms with Crippen molar-refractivity contribution < 1.29 is 14.3 Å². The van der Waals surface area contributed by atoms with Crippen molar-refractivity contribution >= 4 is 5.91 Å². The molecule has 0 atom stereocenters. The Morgan fingerprint density at radius 3 is 3.00 bits per heavy atom. The van der Waals surface area contributed by atoms with Crippen LogP contribution in [0.5, 0.6) is 0 Å². The van der Waals surface area contributed by atoms with Crippen molar-refractivity contribution in [2.45, 2.75) is 6.42 Å². The maximum Gasteiger partial charge on any atom is 0.254 e. The van der Waals surface area contributed by atoms with Gasteiger partial charge in [-0.1, -0.05) is 11.8 Å². The van der Waals surface area contributed by atoms with E-state index in [0.717, 1.165) is 5.82 Å². The van der Waals surface area contributed by atoms with E-state index in [1.807, 2.05) is 0 Å². The van der Waals surface area contributed by atoms with E-state index in [4.69, 9.17) is 5.11 Å². The number of hydrogen-bond donors (Lipinski definition) is 3. The lowest BCUT2D eigenvalue weighted by molar-refractivity contribution is 0.0950. The number of nitrogens with zero attached hydrogens (tertiary/aromatic N) is 1. The topological polar surface area (TPSA) is 78.0 Å². The number of amides is 1. The Balaban J connectivity index is 1.95. The van der Waals surface area contributed by atoms with Crippen LogP contribution in [0.15, 0.2) is 30.6 Å². The van der Waals surface area contributed by atoms with Crippen LogP contribution in [-0.2, 0) is 6.42 Å². The minimum atomic E-state index is -0.643. The molecular weight excluding hydrogens is 273 g/mol. The van der Waals surface area contributed by atoms with Crippen LogP contribution >= 0.6 is 0 Å². The standard InChI is InChI=1S/C15H14FN3O2/c16-13-10-11(2-1-9-20)3-4-12(13)15(21)19-6-5-14-17-7-8-18-14/h3-4,7-8,10,20H,5-6,9H2,(H,17,18)(H,19,21). The van der Waals surface area contributed by atoms with Crippen LogP contribution < -0.4 is 5.32 Å². The Bertz CT molecular complexity index is 672. The molecule has 2 rings (SSSR count). The zero-order valence-corrected chi connectivity index (χ0v) is 11.2. The smallest absolute Gasteiger partial charge is 0.254 e. The highest BCUT2D eigenvalue weighted by Crippen LogP contribution is 2.09. The van der Waals surface area contributed by atoms with Gasteiger partial charge in [-0.15, -0.1) is 0 Å². The largest absolute Gasteiger partial charge is 0.384 e. The van der Waals surface area contributed by atoms with Crippen LogP contribution in [-0.4, -0.2) is 34.1 Å². The van der Waals surface area contributed by atoms with Gasteiger partial charge in [0.05, 0.1) is 5.56 Å². The zero-order chi connectivity index (χ0) is 15.1. The third-order valence-electron chi connectivity index (χ3n) is 2.73. The average Bonchev–Trinajstić information content (AvgIpc) is 2.98. The van der Waals surface area contributed by atoms with Crippen molar-refractivity contribution in [2.75, 3.05) is 13.2 Å². The minimum Gasteiger partial charge on any atom is -0.384 e. The fraction of sp³-hybridized carbons (Fsp3) is 0.200. The molecule has 1 amide bonds. The number of H-pyrrole nitrogens is 1. The number of carbonyl (C=O) groups is 1. The van der Waals surface area contributed by atoms with E-state index >= 15 is 0 Å². The van der Waals surface area contributed by atoms with Crippen LogP contribution in [0, 0.1) is 17.7 Å². The van der Waals surface area contributed by atoms with Crippen LogP contribution in [0.25, 0.3) is 0 Å². The number of aromatic nitrogens is 2. The second-order valence-electron chi connectivity index (χ2n) is 4.20. The highest BCUT2D eigenvalue weighted by Gasteiger charge is 2.11. The molecule has 1 aromatic carbocycles. The van der Waals surface area contributed by atoms with Gasteiger partial charge in [-0.05, 0) is 18.2 Å². The second-order valence-corrected chi connectivity index (χ2v) is 4.20. The molecule has 0 saturated heterocycles. The highest BCUT2D eigenvalue weighted by molar-refractivity contribution is 5.94. The number of imidazole rings is 1. The maximum atomic E-state index is 13.8. The lowest BCUT2D eigenvalue weighted by Gasteiger charge is -2.05. The summed E-state index contributed by atoms with van der Waals surface area (Å²) in [5, 5.41) is 11.2. The summed E-state index contributed by atoms with van der Waals surface area (Å²) in [4.78, 5) is 18.8. The molecule has 0 radical (unpaired) electrons. The van der Waals surface area contributed by atoms with Gasteiger partial charge < -0.3 is 15.4 Å². The number of benzene rings is 1. The first-order valence-corrected chi connectivity index (χ1v) is 6.36. The Hall–Kier alpha value is -2.65. The first kappa shape index (κ1) is 14.8. The van der Waals surface area contributed by atoms with Gasteiger partial charge in [0, 0.05) is 30.9 Å². The molecule has 2 aromatic rings. The van der Waals surface area contributed by atoms with E-state index in [2.05, 4.69) is 27.1 Å². The van der Waals surface area contributed by atoms with Gasteiger partial charge in [-0.2, -0.15) is 0 Å². The predicted octanol–water partition coefficient (Wildman–Crippen LogP) is 0.865. The number of carbonyl (C=O) groups excluding carboxylic acids is 1. The second kappa shape index (κ2) is 7.22. The van der Waals surface area contributed by atoms with Gasteiger partial charge in [0.25, 0.3) is 5.91 Å². The zero-order valence-electron chi connectivity index (χ0n) is 11.2. The van der Waals surface area contributed by atoms with Gasteiger partial charge in [-0.3, -0.25) is 4.79 Å². The van der Waals surface area contributed by atoms with Crippen molar-refractivity contribution in [1.82, 2.24) is 15.3 Å². The molecule has 5 nitrogen and oxygen atoms in total. The first-order valence-electron chi connectivity index (χ1n) is 6.36. The summed E-state index contributed by atoms with van der Waals surface area (Å²) in [6.45, 7) is 0.0640. The summed E-state index contributed by atoms with van der Waals surface area (Å²) in [6, 6.07) is 4.08. The van der Waals surface area contributed by atoms with E-state index in [-0.39, 0.29) is 12.2 Å². The monoisotopic (exact) mass is 287 g/mol. The summed E-state index contributed by atoms with van der Waals surface area (Å²) in [5.41, 5.74) is 0.373. The molecule has 3 N–H and O–H groups in total. The van der Waals surface area contributed by atoms with Gasteiger partial charge in [-0.25, -0.2) is 9.37 Å². The summed E-state index contributed by atoms with van der Waals surface area (Å²) in [6.07, 6.45) is 3.87. The molecule has 0 fully saturated rings. The Morgan fingerprint density at radius 1 is 1.48 bits per heavy atom. The number of hydrogen-bond acceptors (Lipinski definition) is 3. The van der Waals surface area contributed by atoms with Crippen LogP contribution in [0.3, 0.4) is 0 Å². The lowest BCUT2D eigenvalue weighted by atomic mass is 10.1. The molecule has 6 heteroatoms. The molecule has 21 heavy (non-hydrogen) atoms. The van der Waals surface area contributed by atoms with E-state index < -0.39 is 11.7 Å². The molecule has 1 aromatic heterocycles. The number of nitrogens with one attached hydrogen (secondary N) is 2. The Morgan fingerprint density at radius 2 is 2.33 bits per heavy atom. The van der Waals surface area contributed by atoms with Crippen molar-refractivity contribution in [2.24, 2.45) is 0 Å². The fourth-order valence-electron chi connectivity index (χ4n) is 1.74. The molecule has 0 aliphatic carbocycles. The number of aromatic amines is 1. The summed E-state index contributed by atoms with van der Waals surface area (Å²) >= 11 is 0. The molecule has 108 valence electrons. The normalized spacial score (nSPS) is 9.81. The van der Waals surface area contributed by atoms with Crippen molar-refractivity contribution in [3.05, 3.63) is 53.4 Å². The fourth-order valence-corrected chi connectivity index (χ4v) is 1.74. The summed E-state index contributed by atoms with van der Waals surface area (Å²) < 4.78 is 13.8. The molecule has 0 unspecified atom stereocenters. The number of rotatable bonds is 4. The number of aliphatic hydroxyl groups is 1. The van der Waals surface area contributed by atoms with Gasteiger partial charge in [0.2, 0.25) is 0 Å². The van der Waals surface area contributed by atoms with Gasteiger partial charge in [0.15, 0.2) is 0 Å². The third-order valence-corrected chi connectivity index (χ3v) is 2.73. The van der Waals surface area contributed by atoms with Gasteiger partial charge >= 0.3 is 0 Å². The first-order chi connectivity index (χ1) is 10.2.